The molecular formula is C26H34N2O3S. The molecule has 4 rings (SSSR count). The maximum atomic E-state index is 13.1. The van der Waals surface area contributed by atoms with E-state index in [2.05, 4.69) is 24.3 Å². The molecule has 5 nitrogen and oxygen atoms in total. The quantitative estimate of drug-likeness (QED) is 0.662. The van der Waals surface area contributed by atoms with Gasteiger partial charge in [0.05, 0.1) is 5.75 Å². The highest BCUT2D eigenvalue weighted by Gasteiger charge is 2.34. The van der Waals surface area contributed by atoms with E-state index < -0.39 is 10.0 Å². The van der Waals surface area contributed by atoms with Crippen molar-refractivity contribution in [2.24, 2.45) is 11.8 Å². The Balaban J connectivity index is 1.24. The Bertz CT molecular complexity index is 989. The summed E-state index contributed by atoms with van der Waals surface area (Å²) >= 11 is 0. The summed E-state index contributed by atoms with van der Waals surface area (Å²) in [4.78, 5) is 15.1. The van der Waals surface area contributed by atoms with Crippen LogP contribution in [0.4, 0.5) is 0 Å². The molecule has 2 aliphatic rings. The summed E-state index contributed by atoms with van der Waals surface area (Å²) in [7, 11) is -3.35. The molecule has 0 atom stereocenters. The van der Waals surface area contributed by atoms with Gasteiger partial charge in [-0.15, -0.1) is 0 Å². The van der Waals surface area contributed by atoms with Gasteiger partial charge in [0.25, 0.3) is 0 Å². The molecule has 0 spiro atoms. The Labute approximate surface area is 192 Å². The van der Waals surface area contributed by atoms with Crippen molar-refractivity contribution in [1.82, 2.24) is 9.21 Å². The van der Waals surface area contributed by atoms with Gasteiger partial charge in [-0.2, -0.15) is 0 Å². The van der Waals surface area contributed by atoms with Crippen LogP contribution in [0.1, 0.15) is 42.4 Å². The number of hydrogen-bond donors (Lipinski definition) is 0. The van der Waals surface area contributed by atoms with E-state index >= 15 is 0 Å². The molecule has 0 aliphatic carbocycles. The Morgan fingerprint density at radius 1 is 0.844 bits per heavy atom. The number of piperidine rings is 2. The monoisotopic (exact) mass is 454 g/mol. The first-order chi connectivity index (χ1) is 15.4. The van der Waals surface area contributed by atoms with E-state index in [1.807, 2.05) is 42.2 Å². The van der Waals surface area contributed by atoms with E-state index in [0.29, 0.717) is 31.8 Å². The van der Waals surface area contributed by atoms with Crippen LogP contribution in [0.25, 0.3) is 0 Å². The largest absolute Gasteiger partial charge is 0.342 e. The number of amides is 1. The molecule has 6 heteroatoms. The summed E-state index contributed by atoms with van der Waals surface area (Å²) in [6.45, 7) is 4.51. The van der Waals surface area contributed by atoms with E-state index in [4.69, 9.17) is 0 Å². The maximum absolute atomic E-state index is 13.1. The van der Waals surface area contributed by atoms with Crippen LogP contribution in [-0.4, -0.2) is 49.7 Å². The lowest BCUT2D eigenvalue weighted by Gasteiger charge is -2.37. The van der Waals surface area contributed by atoms with Crippen LogP contribution < -0.4 is 0 Å². The highest BCUT2D eigenvalue weighted by molar-refractivity contribution is 7.88. The molecule has 0 N–H and O–H groups in total. The predicted octanol–water partition coefficient (Wildman–Crippen LogP) is 4.02. The average molecular weight is 455 g/mol. The van der Waals surface area contributed by atoms with Gasteiger partial charge >= 0.3 is 0 Å². The zero-order valence-corrected chi connectivity index (χ0v) is 19.8. The number of carbonyl (C=O) groups excluding carboxylic acids is 1. The number of aryl methyl sites for hydroxylation is 1. The Morgan fingerprint density at radius 3 is 2.09 bits per heavy atom. The fourth-order valence-electron chi connectivity index (χ4n) is 4.93. The van der Waals surface area contributed by atoms with Crippen molar-refractivity contribution in [1.29, 1.82) is 0 Å². The summed E-state index contributed by atoms with van der Waals surface area (Å²) in [5.41, 5.74) is 3.30. The van der Waals surface area contributed by atoms with E-state index in [9.17, 15) is 13.2 Å². The summed E-state index contributed by atoms with van der Waals surface area (Å²) in [6, 6.07) is 18.2. The molecule has 2 heterocycles. The van der Waals surface area contributed by atoms with Gasteiger partial charge in [0, 0.05) is 32.1 Å². The average Bonchev–Trinajstić information content (AvgIpc) is 2.81. The first kappa shape index (κ1) is 23.0. The number of sulfonamides is 1. The van der Waals surface area contributed by atoms with Crippen LogP contribution in [0.3, 0.4) is 0 Å². The zero-order chi connectivity index (χ0) is 22.6. The molecule has 2 saturated heterocycles. The lowest BCUT2D eigenvalue weighted by molar-refractivity contribution is -0.138. The predicted molar refractivity (Wildman–Crippen MR) is 128 cm³/mol. The number of benzene rings is 2. The summed E-state index contributed by atoms with van der Waals surface area (Å²) < 4.78 is 27.2. The standard InChI is InChI=1S/C26H34N2O3S/c1-21-7-9-24(10-8-21)20-32(30,31)28-17-13-25(14-18-28)26(29)27-15-11-23(12-16-27)19-22-5-3-2-4-6-22/h2-10,23,25H,11-20H2,1H3. The Hall–Kier alpha value is -2.18. The van der Waals surface area contributed by atoms with Crippen LogP contribution in [0.15, 0.2) is 54.6 Å². The van der Waals surface area contributed by atoms with Gasteiger partial charge in [0.1, 0.15) is 0 Å². The van der Waals surface area contributed by atoms with Gasteiger partial charge in [-0.1, -0.05) is 60.2 Å². The second-order valence-corrected chi connectivity index (χ2v) is 11.3. The Kier molecular flexibility index (Phi) is 7.31. The molecule has 0 saturated carbocycles. The summed E-state index contributed by atoms with van der Waals surface area (Å²) in [5.74, 6) is 0.835. The van der Waals surface area contributed by atoms with Crippen LogP contribution in [0.5, 0.6) is 0 Å². The first-order valence-electron chi connectivity index (χ1n) is 11.8. The molecule has 1 amide bonds. The highest BCUT2D eigenvalue weighted by atomic mass is 32.2. The molecular weight excluding hydrogens is 420 g/mol. The number of nitrogens with zero attached hydrogens (tertiary/aromatic N) is 2. The molecule has 0 aromatic heterocycles. The molecule has 172 valence electrons. The van der Waals surface area contributed by atoms with E-state index in [0.717, 1.165) is 43.5 Å². The molecule has 0 radical (unpaired) electrons. The van der Waals surface area contributed by atoms with Crippen LogP contribution in [0, 0.1) is 18.8 Å². The summed E-state index contributed by atoms with van der Waals surface area (Å²) in [6.07, 6.45) is 4.42. The topological polar surface area (TPSA) is 57.7 Å². The second kappa shape index (κ2) is 10.2. The van der Waals surface area contributed by atoms with Crippen molar-refractivity contribution in [2.45, 2.75) is 44.8 Å². The number of carbonyl (C=O) groups is 1. The van der Waals surface area contributed by atoms with Crippen LogP contribution in [0.2, 0.25) is 0 Å². The van der Waals surface area contributed by atoms with Crippen molar-refractivity contribution in [3.63, 3.8) is 0 Å². The molecule has 2 aromatic carbocycles. The zero-order valence-electron chi connectivity index (χ0n) is 18.9. The third-order valence-corrected chi connectivity index (χ3v) is 8.81. The smallest absolute Gasteiger partial charge is 0.225 e. The molecule has 2 aromatic rings. The molecule has 2 fully saturated rings. The fourth-order valence-corrected chi connectivity index (χ4v) is 6.49. The van der Waals surface area contributed by atoms with E-state index in [1.165, 1.54) is 5.56 Å². The van der Waals surface area contributed by atoms with Crippen molar-refractivity contribution < 1.29 is 13.2 Å². The van der Waals surface area contributed by atoms with Gasteiger partial charge in [0.15, 0.2) is 0 Å². The van der Waals surface area contributed by atoms with Gasteiger partial charge in [-0.25, -0.2) is 12.7 Å². The minimum atomic E-state index is -3.35. The lowest BCUT2D eigenvalue weighted by atomic mass is 9.89. The third kappa shape index (κ3) is 5.78. The summed E-state index contributed by atoms with van der Waals surface area (Å²) in [5, 5.41) is 0. The van der Waals surface area contributed by atoms with Crippen molar-refractivity contribution in [3.8, 4) is 0 Å². The van der Waals surface area contributed by atoms with Crippen molar-refractivity contribution >= 4 is 15.9 Å². The lowest BCUT2D eigenvalue weighted by Crippen LogP contribution is -2.46. The van der Waals surface area contributed by atoms with Crippen LogP contribution in [-0.2, 0) is 27.0 Å². The Morgan fingerprint density at radius 2 is 1.47 bits per heavy atom. The van der Waals surface area contributed by atoms with Gasteiger partial charge in [0.2, 0.25) is 15.9 Å². The first-order valence-corrected chi connectivity index (χ1v) is 13.4. The normalized spacial score (nSPS) is 19.2. The molecule has 0 bridgehead atoms. The fraction of sp³-hybridized carbons (Fsp3) is 0.500. The van der Waals surface area contributed by atoms with Gasteiger partial charge in [-0.05, 0) is 56.1 Å². The molecule has 32 heavy (non-hydrogen) atoms. The SMILES string of the molecule is Cc1ccc(CS(=O)(=O)N2CCC(C(=O)N3CCC(Cc4ccccc4)CC3)CC2)cc1. The number of likely N-dealkylation sites (tertiary alicyclic amines) is 1. The molecule has 2 aliphatic heterocycles. The van der Waals surface area contributed by atoms with E-state index in [-0.39, 0.29) is 17.6 Å². The minimum absolute atomic E-state index is 0.0286. The maximum Gasteiger partial charge on any atom is 0.225 e. The molecule has 0 unspecified atom stereocenters. The van der Waals surface area contributed by atoms with Crippen LogP contribution >= 0.6 is 0 Å². The second-order valence-electron chi connectivity index (χ2n) is 9.37. The third-order valence-electron chi connectivity index (χ3n) is 6.96. The van der Waals surface area contributed by atoms with Gasteiger partial charge < -0.3 is 4.90 Å². The highest BCUT2D eigenvalue weighted by Crippen LogP contribution is 2.27. The van der Waals surface area contributed by atoms with Gasteiger partial charge in [-0.3, -0.25) is 4.79 Å². The van der Waals surface area contributed by atoms with E-state index in [1.54, 1.807) is 4.31 Å². The van der Waals surface area contributed by atoms with Crippen molar-refractivity contribution in [3.05, 3.63) is 71.3 Å². The number of hydrogen-bond acceptors (Lipinski definition) is 3. The minimum Gasteiger partial charge on any atom is -0.342 e. The van der Waals surface area contributed by atoms with Crippen molar-refractivity contribution in [2.75, 3.05) is 26.2 Å². The number of rotatable bonds is 6.